The molecular formula is C14H21BN2O3. The van der Waals surface area contributed by atoms with E-state index in [-0.39, 0.29) is 18.3 Å². The third kappa shape index (κ3) is 2.97. The molecule has 1 aromatic rings. The van der Waals surface area contributed by atoms with Crippen LogP contribution in [0.15, 0.2) is 24.3 Å². The molecule has 0 spiro atoms. The van der Waals surface area contributed by atoms with Crippen molar-refractivity contribution in [3.8, 4) is 0 Å². The Balaban J connectivity index is 2.06. The molecule has 1 aromatic carbocycles. The molecule has 0 atom stereocenters. The van der Waals surface area contributed by atoms with Gasteiger partial charge in [0, 0.05) is 6.54 Å². The smallest absolute Gasteiger partial charge is 0.399 e. The van der Waals surface area contributed by atoms with Gasteiger partial charge in [-0.05, 0) is 38.7 Å². The predicted octanol–water partition coefficient (Wildman–Crippen LogP) is 1.15. The Morgan fingerprint density at radius 1 is 1.15 bits per heavy atom. The van der Waals surface area contributed by atoms with Crippen molar-refractivity contribution < 1.29 is 14.1 Å². The van der Waals surface area contributed by atoms with Crippen LogP contribution in [0.25, 0.3) is 0 Å². The first-order chi connectivity index (χ1) is 9.21. The molecule has 0 unspecified atom stereocenters. The van der Waals surface area contributed by atoms with Crippen molar-refractivity contribution in [2.24, 2.45) is 5.73 Å². The lowest BCUT2D eigenvalue weighted by Crippen LogP contribution is -2.41. The average Bonchev–Trinajstić information content (AvgIpc) is 2.56. The maximum atomic E-state index is 10.7. The number of hydrogen-bond acceptors (Lipinski definition) is 3. The number of benzene rings is 1. The highest BCUT2D eigenvalue weighted by Crippen LogP contribution is 2.36. The lowest BCUT2D eigenvalue weighted by molar-refractivity contribution is 0.00578. The van der Waals surface area contributed by atoms with E-state index in [1.165, 1.54) is 0 Å². The van der Waals surface area contributed by atoms with Crippen LogP contribution in [-0.2, 0) is 15.9 Å². The van der Waals surface area contributed by atoms with E-state index in [4.69, 9.17) is 15.0 Å². The van der Waals surface area contributed by atoms with Gasteiger partial charge in [-0.1, -0.05) is 24.3 Å². The second kappa shape index (κ2) is 5.11. The van der Waals surface area contributed by atoms with Gasteiger partial charge in [-0.3, -0.25) is 0 Å². The number of primary amides is 1. The molecule has 1 heterocycles. The largest absolute Gasteiger partial charge is 0.494 e. The second-order valence-corrected chi connectivity index (χ2v) is 6.05. The lowest BCUT2D eigenvalue weighted by Gasteiger charge is -2.32. The SMILES string of the molecule is CC1(C)OB(c2ccc(CNC(N)=O)cc2)OC1(C)C. The van der Waals surface area contributed by atoms with Crippen molar-refractivity contribution in [1.29, 1.82) is 0 Å². The van der Waals surface area contributed by atoms with E-state index in [1.807, 2.05) is 52.0 Å². The maximum absolute atomic E-state index is 10.7. The molecule has 0 saturated carbocycles. The molecule has 1 fully saturated rings. The predicted molar refractivity (Wildman–Crippen MR) is 78.6 cm³/mol. The summed E-state index contributed by atoms with van der Waals surface area (Å²) in [6.45, 7) is 8.52. The lowest BCUT2D eigenvalue weighted by atomic mass is 9.79. The van der Waals surface area contributed by atoms with Gasteiger partial charge >= 0.3 is 13.1 Å². The summed E-state index contributed by atoms with van der Waals surface area (Å²) in [4.78, 5) is 10.7. The van der Waals surface area contributed by atoms with E-state index in [1.54, 1.807) is 0 Å². The van der Waals surface area contributed by atoms with E-state index in [9.17, 15) is 4.79 Å². The molecule has 1 aliphatic rings. The molecule has 1 aliphatic heterocycles. The number of carbonyl (C=O) groups is 1. The zero-order valence-corrected chi connectivity index (χ0v) is 12.4. The van der Waals surface area contributed by atoms with Gasteiger partial charge in [0.2, 0.25) is 0 Å². The number of nitrogens with one attached hydrogen (secondary N) is 1. The minimum Gasteiger partial charge on any atom is -0.399 e. The highest BCUT2D eigenvalue weighted by atomic mass is 16.7. The van der Waals surface area contributed by atoms with Gasteiger partial charge in [0.15, 0.2) is 0 Å². The van der Waals surface area contributed by atoms with Gasteiger partial charge in [-0.25, -0.2) is 4.79 Å². The van der Waals surface area contributed by atoms with Crippen molar-refractivity contribution in [2.75, 3.05) is 0 Å². The van der Waals surface area contributed by atoms with Gasteiger partial charge in [-0.2, -0.15) is 0 Å². The fourth-order valence-corrected chi connectivity index (χ4v) is 1.96. The molecule has 20 heavy (non-hydrogen) atoms. The molecule has 5 nitrogen and oxygen atoms in total. The van der Waals surface area contributed by atoms with Gasteiger partial charge in [0.1, 0.15) is 0 Å². The van der Waals surface area contributed by atoms with Gasteiger partial charge in [0.05, 0.1) is 11.2 Å². The van der Waals surface area contributed by atoms with Crippen LogP contribution in [0, 0.1) is 0 Å². The number of urea groups is 1. The summed E-state index contributed by atoms with van der Waals surface area (Å²) in [5, 5.41) is 2.55. The summed E-state index contributed by atoms with van der Waals surface area (Å²) in [6.07, 6.45) is 0. The standard InChI is InChI=1S/C14H21BN2O3/c1-13(2)14(3,4)20-15(19-13)11-7-5-10(6-8-11)9-17-12(16)18/h5-8H,9H2,1-4H3,(H3,16,17,18). The number of hydrogen-bond donors (Lipinski definition) is 2. The summed E-state index contributed by atoms with van der Waals surface area (Å²) in [5.41, 5.74) is 6.29. The van der Waals surface area contributed by atoms with E-state index in [2.05, 4.69) is 5.32 Å². The quantitative estimate of drug-likeness (QED) is 0.813. The van der Waals surface area contributed by atoms with Crippen LogP contribution in [0.2, 0.25) is 0 Å². The summed E-state index contributed by atoms with van der Waals surface area (Å²) in [5.74, 6) is 0. The first-order valence-electron chi connectivity index (χ1n) is 6.69. The fraction of sp³-hybridized carbons (Fsp3) is 0.500. The Morgan fingerprint density at radius 3 is 2.10 bits per heavy atom. The Kier molecular flexibility index (Phi) is 3.80. The van der Waals surface area contributed by atoms with Crippen LogP contribution in [0.3, 0.4) is 0 Å². The van der Waals surface area contributed by atoms with Gasteiger partial charge in [-0.15, -0.1) is 0 Å². The van der Waals surface area contributed by atoms with E-state index >= 15 is 0 Å². The Bertz CT molecular complexity index is 484. The molecule has 1 saturated heterocycles. The molecule has 0 bridgehead atoms. The number of rotatable bonds is 3. The van der Waals surface area contributed by atoms with Gasteiger partial charge in [0.25, 0.3) is 0 Å². The molecule has 3 N–H and O–H groups in total. The third-order valence-electron chi connectivity index (χ3n) is 3.97. The van der Waals surface area contributed by atoms with E-state index in [0.717, 1.165) is 11.0 Å². The summed E-state index contributed by atoms with van der Waals surface area (Å²) in [7, 11) is -0.363. The fourth-order valence-electron chi connectivity index (χ4n) is 1.96. The molecule has 0 radical (unpaired) electrons. The molecule has 6 heteroatoms. The Labute approximate surface area is 120 Å². The van der Waals surface area contributed by atoms with Crippen molar-refractivity contribution in [3.63, 3.8) is 0 Å². The molecule has 0 aliphatic carbocycles. The minimum atomic E-state index is -0.528. The average molecular weight is 276 g/mol. The van der Waals surface area contributed by atoms with Crippen LogP contribution in [0.1, 0.15) is 33.3 Å². The highest BCUT2D eigenvalue weighted by molar-refractivity contribution is 6.62. The molecule has 2 amide bonds. The van der Waals surface area contributed by atoms with E-state index < -0.39 is 6.03 Å². The first kappa shape index (κ1) is 14.9. The monoisotopic (exact) mass is 276 g/mol. The van der Waals surface area contributed by atoms with Crippen LogP contribution >= 0.6 is 0 Å². The maximum Gasteiger partial charge on any atom is 0.494 e. The molecule has 2 rings (SSSR count). The molecular weight excluding hydrogens is 255 g/mol. The van der Waals surface area contributed by atoms with Gasteiger partial charge < -0.3 is 20.4 Å². The minimum absolute atomic E-state index is 0.343. The van der Waals surface area contributed by atoms with Crippen molar-refractivity contribution in [3.05, 3.63) is 29.8 Å². The van der Waals surface area contributed by atoms with Crippen LogP contribution in [0.5, 0.6) is 0 Å². The van der Waals surface area contributed by atoms with Crippen LogP contribution < -0.4 is 16.5 Å². The van der Waals surface area contributed by atoms with Crippen molar-refractivity contribution in [2.45, 2.75) is 45.4 Å². The topological polar surface area (TPSA) is 73.6 Å². The van der Waals surface area contributed by atoms with Crippen molar-refractivity contribution >= 4 is 18.6 Å². The van der Waals surface area contributed by atoms with Crippen LogP contribution in [-0.4, -0.2) is 24.4 Å². The zero-order valence-electron chi connectivity index (χ0n) is 12.4. The van der Waals surface area contributed by atoms with Crippen LogP contribution in [0.4, 0.5) is 4.79 Å². The number of amides is 2. The molecule has 0 aromatic heterocycles. The Morgan fingerprint density at radius 2 is 1.65 bits per heavy atom. The summed E-state index contributed by atoms with van der Waals surface area (Å²) in [6, 6.07) is 7.22. The third-order valence-corrected chi connectivity index (χ3v) is 3.97. The summed E-state index contributed by atoms with van der Waals surface area (Å²) < 4.78 is 12.0. The Hall–Kier alpha value is -1.53. The normalized spacial score (nSPS) is 19.9. The number of nitrogens with two attached hydrogens (primary N) is 1. The first-order valence-corrected chi connectivity index (χ1v) is 6.69. The van der Waals surface area contributed by atoms with E-state index in [0.29, 0.717) is 6.54 Å². The molecule has 108 valence electrons. The highest BCUT2D eigenvalue weighted by Gasteiger charge is 2.51. The second-order valence-electron chi connectivity index (χ2n) is 6.05. The number of carbonyl (C=O) groups excluding carboxylic acids is 1. The zero-order chi connectivity index (χ0) is 15.0. The van der Waals surface area contributed by atoms with Crippen molar-refractivity contribution in [1.82, 2.24) is 5.32 Å². The summed E-state index contributed by atoms with van der Waals surface area (Å²) >= 11 is 0.